The summed E-state index contributed by atoms with van der Waals surface area (Å²) in [5.41, 5.74) is 4.94. The third kappa shape index (κ3) is 7.97. The Morgan fingerprint density at radius 1 is 1.20 bits per heavy atom. The summed E-state index contributed by atoms with van der Waals surface area (Å²) < 4.78 is 94.8. The van der Waals surface area contributed by atoms with Crippen LogP contribution in [0.15, 0.2) is 18.5 Å². The number of nitrogens with one attached hydrogen (secondary N) is 2. The summed E-state index contributed by atoms with van der Waals surface area (Å²) >= 11 is 0. The SMILES string of the molecule is COC[C@@H](NCC(F)(F)C(F)(F)CN)c1cnn2cc([C@@H](NC(=O)OC(C)(C)C)C3CCC(F)(F)CC3)nc2c1. The molecule has 2 aromatic heterocycles. The van der Waals surface area contributed by atoms with E-state index in [9.17, 15) is 31.1 Å². The number of alkyl halides is 6. The molecule has 0 aliphatic heterocycles. The second-order valence-corrected chi connectivity index (χ2v) is 11.1. The van der Waals surface area contributed by atoms with Gasteiger partial charge in [-0.05, 0) is 51.2 Å². The van der Waals surface area contributed by atoms with E-state index in [-0.39, 0.29) is 43.9 Å². The lowest BCUT2D eigenvalue weighted by Gasteiger charge is -2.33. The average Bonchev–Trinajstić information content (AvgIpc) is 3.27. The molecule has 1 aliphatic carbocycles. The second kappa shape index (κ2) is 12.1. The van der Waals surface area contributed by atoms with Crippen LogP contribution in [-0.4, -0.2) is 70.9 Å². The molecule has 0 spiro atoms. The third-order valence-corrected chi connectivity index (χ3v) is 6.68. The summed E-state index contributed by atoms with van der Waals surface area (Å²) in [7, 11) is 1.32. The Kier molecular flexibility index (Phi) is 9.62. The van der Waals surface area contributed by atoms with Gasteiger partial charge in [-0.3, -0.25) is 0 Å². The molecule has 1 fully saturated rings. The fourth-order valence-electron chi connectivity index (χ4n) is 4.48. The van der Waals surface area contributed by atoms with Crippen LogP contribution in [0.3, 0.4) is 0 Å². The number of fused-ring (bicyclic) bond motifs is 1. The van der Waals surface area contributed by atoms with Crippen LogP contribution in [0.2, 0.25) is 0 Å². The molecule has 4 N–H and O–H groups in total. The number of hydrogen-bond donors (Lipinski definition) is 3. The van der Waals surface area contributed by atoms with Crippen molar-refractivity contribution in [3.05, 3.63) is 29.7 Å². The molecule has 3 rings (SSSR count). The minimum atomic E-state index is -4.41. The number of rotatable bonds is 11. The predicted octanol–water partition coefficient (Wildman–Crippen LogP) is 4.63. The van der Waals surface area contributed by atoms with Crippen LogP contribution >= 0.6 is 0 Å². The van der Waals surface area contributed by atoms with Gasteiger partial charge < -0.3 is 25.8 Å². The van der Waals surface area contributed by atoms with E-state index in [1.165, 1.54) is 30.1 Å². The number of ether oxygens (including phenoxy) is 2. The summed E-state index contributed by atoms with van der Waals surface area (Å²) in [6.45, 7) is 2.04. The lowest BCUT2D eigenvalue weighted by molar-refractivity contribution is -0.199. The Balaban J connectivity index is 1.88. The highest BCUT2D eigenvalue weighted by molar-refractivity contribution is 5.68. The molecule has 0 bridgehead atoms. The van der Waals surface area contributed by atoms with Gasteiger partial charge in [-0.2, -0.15) is 22.7 Å². The van der Waals surface area contributed by atoms with Crippen LogP contribution in [0.1, 0.15) is 69.8 Å². The summed E-state index contributed by atoms with van der Waals surface area (Å²) in [5.74, 6) is -12.0. The molecule has 2 atom stereocenters. The van der Waals surface area contributed by atoms with E-state index in [1.54, 1.807) is 20.8 Å². The predicted molar refractivity (Wildman–Crippen MR) is 134 cm³/mol. The first-order chi connectivity index (χ1) is 18.5. The van der Waals surface area contributed by atoms with Crippen molar-refractivity contribution in [2.24, 2.45) is 11.7 Å². The van der Waals surface area contributed by atoms with Crippen molar-refractivity contribution in [2.75, 3.05) is 26.8 Å². The molecule has 226 valence electrons. The molecule has 0 saturated heterocycles. The van der Waals surface area contributed by atoms with Crippen molar-refractivity contribution >= 4 is 11.7 Å². The van der Waals surface area contributed by atoms with E-state index < -0.39 is 54.6 Å². The van der Waals surface area contributed by atoms with E-state index >= 15 is 0 Å². The Labute approximate surface area is 228 Å². The highest BCUT2D eigenvalue weighted by Crippen LogP contribution is 2.41. The smallest absolute Gasteiger partial charge is 0.408 e. The summed E-state index contributed by atoms with van der Waals surface area (Å²) in [6.07, 6.45) is 1.74. The number of aromatic nitrogens is 3. The fraction of sp³-hybridized carbons (Fsp3) is 0.720. The van der Waals surface area contributed by atoms with Crippen LogP contribution in [0.5, 0.6) is 0 Å². The average molecular weight is 583 g/mol. The molecule has 9 nitrogen and oxygen atoms in total. The molecule has 0 radical (unpaired) electrons. The van der Waals surface area contributed by atoms with Crippen molar-refractivity contribution in [2.45, 2.75) is 81.9 Å². The van der Waals surface area contributed by atoms with Crippen LogP contribution in [0.4, 0.5) is 31.1 Å². The van der Waals surface area contributed by atoms with Gasteiger partial charge in [0, 0.05) is 20.0 Å². The molecule has 0 aromatic carbocycles. The molecular formula is C25H36F6N6O3. The van der Waals surface area contributed by atoms with Crippen LogP contribution in [0, 0.1) is 5.92 Å². The molecule has 40 heavy (non-hydrogen) atoms. The maximum absolute atomic E-state index is 14.0. The van der Waals surface area contributed by atoms with Gasteiger partial charge in [0.05, 0.1) is 49.9 Å². The monoisotopic (exact) mass is 582 g/mol. The Morgan fingerprint density at radius 2 is 1.85 bits per heavy atom. The number of halogens is 6. The molecule has 1 saturated carbocycles. The van der Waals surface area contributed by atoms with E-state index in [1.807, 2.05) is 0 Å². The maximum atomic E-state index is 14.0. The maximum Gasteiger partial charge on any atom is 0.408 e. The lowest BCUT2D eigenvalue weighted by atomic mass is 9.81. The molecule has 2 heterocycles. The van der Waals surface area contributed by atoms with Gasteiger partial charge in [-0.15, -0.1) is 0 Å². The number of alkyl carbamates (subject to hydrolysis) is 1. The molecule has 1 aliphatic rings. The normalized spacial score (nSPS) is 18.5. The number of carbonyl (C=O) groups is 1. The first-order valence-corrected chi connectivity index (χ1v) is 12.9. The van der Waals surface area contributed by atoms with Gasteiger partial charge in [0.1, 0.15) is 5.60 Å². The topological polar surface area (TPSA) is 116 Å². The van der Waals surface area contributed by atoms with Crippen LogP contribution < -0.4 is 16.4 Å². The molecule has 15 heteroatoms. The Bertz CT molecular complexity index is 1150. The summed E-state index contributed by atoms with van der Waals surface area (Å²) in [4.78, 5) is 17.1. The summed E-state index contributed by atoms with van der Waals surface area (Å²) in [6, 6.07) is -0.203. The van der Waals surface area contributed by atoms with Crippen molar-refractivity contribution in [1.82, 2.24) is 25.2 Å². The molecule has 0 unspecified atom stereocenters. The van der Waals surface area contributed by atoms with Gasteiger partial charge in [0.25, 0.3) is 0 Å². The number of methoxy groups -OCH3 is 1. The second-order valence-electron chi connectivity index (χ2n) is 11.1. The standard InChI is InChI=1S/C25H36F6N6O3/c1-22(2,3)40-21(38)36-20(15-5-7-23(26,27)8-6-15)17-11-37-19(35-17)9-16(10-34-37)18(12-39-4)33-14-25(30,31)24(28,29)13-32/h9-11,15,18,20,33H,5-8,12-14,32H2,1-4H3,(H,36,38)/t18-,20+/m1/s1. The zero-order valence-electron chi connectivity index (χ0n) is 22.8. The minimum absolute atomic E-state index is 0.140. The fourth-order valence-corrected chi connectivity index (χ4v) is 4.48. The number of carbonyl (C=O) groups excluding carboxylic acids is 1. The number of amides is 1. The van der Waals surface area contributed by atoms with E-state index in [4.69, 9.17) is 15.2 Å². The number of nitrogens with two attached hydrogens (primary N) is 1. The van der Waals surface area contributed by atoms with Crippen molar-refractivity contribution in [1.29, 1.82) is 0 Å². The van der Waals surface area contributed by atoms with Gasteiger partial charge in [-0.25, -0.2) is 23.1 Å². The number of imidazole rings is 1. The van der Waals surface area contributed by atoms with E-state index in [0.29, 0.717) is 11.3 Å². The zero-order valence-corrected chi connectivity index (χ0v) is 22.8. The largest absolute Gasteiger partial charge is 0.444 e. The third-order valence-electron chi connectivity index (χ3n) is 6.68. The zero-order chi connectivity index (χ0) is 29.9. The quantitative estimate of drug-likeness (QED) is 0.331. The molecular weight excluding hydrogens is 546 g/mol. The van der Waals surface area contributed by atoms with E-state index in [0.717, 1.165) is 0 Å². The Morgan fingerprint density at radius 3 is 2.42 bits per heavy atom. The number of nitrogens with zero attached hydrogens (tertiary/aromatic N) is 3. The number of hydrogen-bond acceptors (Lipinski definition) is 7. The van der Waals surface area contributed by atoms with Crippen LogP contribution in [0.25, 0.3) is 5.65 Å². The first-order valence-electron chi connectivity index (χ1n) is 12.9. The lowest BCUT2D eigenvalue weighted by Crippen LogP contribution is -2.52. The van der Waals surface area contributed by atoms with Crippen molar-refractivity contribution in [3.8, 4) is 0 Å². The first kappa shape index (κ1) is 31.9. The van der Waals surface area contributed by atoms with Gasteiger partial charge >= 0.3 is 17.9 Å². The van der Waals surface area contributed by atoms with Crippen molar-refractivity contribution in [3.63, 3.8) is 0 Å². The van der Waals surface area contributed by atoms with Crippen LogP contribution in [-0.2, 0) is 9.47 Å². The molecule has 2 aromatic rings. The van der Waals surface area contributed by atoms with E-state index in [2.05, 4.69) is 20.7 Å². The van der Waals surface area contributed by atoms with Gasteiger partial charge in [0.15, 0.2) is 5.65 Å². The summed E-state index contributed by atoms with van der Waals surface area (Å²) in [5, 5.41) is 9.38. The highest BCUT2D eigenvalue weighted by Gasteiger charge is 2.54. The highest BCUT2D eigenvalue weighted by atomic mass is 19.3. The van der Waals surface area contributed by atoms with Crippen molar-refractivity contribution < 1.29 is 40.6 Å². The molecule has 1 amide bonds. The Hall–Kier alpha value is -2.65. The van der Waals surface area contributed by atoms with Gasteiger partial charge in [-0.1, -0.05) is 0 Å². The minimum Gasteiger partial charge on any atom is -0.444 e. The van der Waals surface area contributed by atoms with Gasteiger partial charge in [0.2, 0.25) is 5.92 Å².